The Morgan fingerprint density at radius 2 is 2.05 bits per heavy atom. The van der Waals surface area contributed by atoms with Crippen LogP contribution >= 0.6 is 11.3 Å². The number of hydrogen-bond acceptors (Lipinski definition) is 4. The molecule has 5 heteroatoms. The molecule has 22 heavy (non-hydrogen) atoms. The molecule has 1 fully saturated rings. The lowest BCUT2D eigenvalue weighted by molar-refractivity contribution is -0.131. The Morgan fingerprint density at radius 1 is 1.32 bits per heavy atom. The first-order valence-electron chi connectivity index (χ1n) is 8.11. The fraction of sp³-hybridized carbons (Fsp3) is 0.647. The Labute approximate surface area is 136 Å². The third-order valence-corrected chi connectivity index (χ3v) is 4.75. The molecule has 1 N–H and O–H groups in total. The van der Waals surface area contributed by atoms with Gasteiger partial charge in [0.1, 0.15) is 4.88 Å². The van der Waals surface area contributed by atoms with Crippen molar-refractivity contribution in [1.82, 2.24) is 5.32 Å². The minimum atomic E-state index is -0.698. The van der Waals surface area contributed by atoms with Gasteiger partial charge in [0.25, 0.3) is 5.91 Å². The van der Waals surface area contributed by atoms with Crippen LogP contribution in [-0.4, -0.2) is 24.0 Å². The third-order valence-electron chi connectivity index (χ3n) is 3.90. The summed E-state index contributed by atoms with van der Waals surface area (Å²) in [6.07, 6.45) is 5.48. The van der Waals surface area contributed by atoms with Gasteiger partial charge in [-0.25, -0.2) is 4.79 Å². The number of esters is 1. The molecule has 1 aromatic heterocycles. The van der Waals surface area contributed by atoms with Crippen molar-refractivity contribution in [3.63, 3.8) is 0 Å². The fourth-order valence-electron chi connectivity index (χ4n) is 2.76. The van der Waals surface area contributed by atoms with Crippen LogP contribution in [0.1, 0.15) is 62.0 Å². The Kier molecular flexibility index (Phi) is 6.43. The fourth-order valence-corrected chi connectivity index (χ4v) is 3.37. The summed E-state index contributed by atoms with van der Waals surface area (Å²) in [4.78, 5) is 25.1. The second kappa shape index (κ2) is 8.32. The van der Waals surface area contributed by atoms with Crippen molar-refractivity contribution in [3.8, 4) is 0 Å². The highest BCUT2D eigenvalue weighted by Crippen LogP contribution is 2.19. The van der Waals surface area contributed by atoms with E-state index in [0.29, 0.717) is 17.2 Å². The summed E-state index contributed by atoms with van der Waals surface area (Å²) in [6.45, 7) is 4.06. The molecule has 1 aliphatic rings. The van der Waals surface area contributed by atoms with Crippen molar-refractivity contribution in [2.75, 3.05) is 0 Å². The van der Waals surface area contributed by atoms with E-state index in [4.69, 9.17) is 4.74 Å². The lowest BCUT2D eigenvalue weighted by atomic mass is 9.95. The average Bonchev–Trinajstić information content (AvgIpc) is 3.01. The minimum Gasteiger partial charge on any atom is -0.448 e. The zero-order valence-corrected chi connectivity index (χ0v) is 14.2. The summed E-state index contributed by atoms with van der Waals surface area (Å²) >= 11 is 1.33. The van der Waals surface area contributed by atoms with Gasteiger partial charge in [-0.3, -0.25) is 4.79 Å². The number of thiophene rings is 1. The predicted molar refractivity (Wildman–Crippen MR) is 88.0 cm³/mol. The van der Waals surface area contributed by atoms with Gasteiger partial charge >= 0.3 is 5.97 Å². The van der Waals surface area contributed by atoms with Crippen LogP contribution in [0.2, 0.25) is 0 Å². The van der Waals surface area contributed by atoms with Crippen molar-refractivity contribution >= 4 is 23.2 Å². The molecule has 4 nitrogen and oxygen atoms in total. The quantitative estimate of drug-likeness (QED) is 0.811. The van der Waals surface area contributed by atoms with Gasteiger partial charge in [-0.1, -0.05) is 39.2 Å². The lowest BCUT2D eigenvalue weighted by Crippen LogP contribution is -2.44. The predicted octanol–water partition coefficient (Wildman–Crippen LogP) is 3.77. The van der Waals surface area contributed by atoms with E-state index >= 15 is 0 Å². The molecular formula is C17H25NO3S. The smallest absolute Gasteiger partial charge is 0.349 e. The molecule has 1 heterocycles. The molecule has 1 amide bonds. The van der Waals surface area contributed by atoms with Gasteiger partial charge in [-0.15, -0.1) is 11.3 Å². The second-order valence-electron chi connectivity index (χ2n) is 6.34. The SMILES string of the molecule is CC(C)CC(OC(=O)c1cccs1)C(=O)NC1CCCCC1. The standard InChI is InChI=1S/C17H25NO3S/c1-12(2)11-14(21-17(20)15-9-6-10-22-15)16(19)18-13-7-4-3-5-8-13/h6,9-10,12-14H,3-5,7-8,11H2,1-2H3,(H,18,19). The molecule has 1 aliphatic carbocycles. The number of carbonyl (C=O) groups excluding carboxylic acids is 2. The van der Waals surface area contributed by atoms with Crippen molar-refractivity contribution < 1.29 is 14.3 Å². The van der Waals surface area contributed by atoms with Crippen molar-refractivity contribution in [3.05, 3.63) is 22.4 Å². The van der Waals surface area contributed by atoms with E-state index in [1.54, 1.807) is 12.1 Å². The van der Waals surface area contributed by atoms with E-state index in [9.17, 15) is 9.59 Å². The van der Waals surface area contributed by atoms with Gasteiger partial charge in [0.05, 0.1) is 0 Å². The highest BCUT2D eigenvalue weighted by molar-refractivity contribution is 7.11. The van der Waals surface area contributed by atoms with E-state index in [0.717, 1.165) is 25.7 Å². The lowest BCUT2D eigenvalue weighted by Gasteiger charge is -2.26. The molecule has 0 saturated heterocycles. The molecule has 2 rings (SSSR count). The number of ether oxygens (including phenoxy) is 1. The van der Waals surface area contributed by atoms with E-state index in [1.807, 2.05) is 19.2 Å². The Morgan fingerprint density at radius 3 is 2.64 bits per heavy atom. The molecule has 122 valence electrons. The maximum absolute atomic E-state index is 12.5. The largest absolute Gasteiger partial charge is 0.448 e. The first-order valence-corrected chi connectivity index (χ1v) is 8.99. The zero-order chi connectivity index (χ0) is 15.9. The van der Waals surface area contributed by atoms with Gasteiger partial charge in [0.2, 0.25) is 0 Å². The third kappa shape index (κ3) is 5.13. The maximum atomic E-state index is 12.5. The molecule has 0 bridgehead atoms. The summed E-state index contributed by atoms with van der Waals surface area (Å²) in [5, 5.41) is 4.89. The van der Waals surface area contributed by atoms with Crippen LogP contribution < -0.4 is 5.32 Å². The monoisotopic (exact) mass is 323 g/mol. The number of carbonyl (C=O) groups is 2. The van der Waals surface area contributed by atoms with Crippen molar-refractivity contribution in [1.29, 1.82) is 0 Å². The van der Waals surface area contributed by atoms with Crippen LogP contribution in [-0.2, 0) is 9.53 Å². The Bertz CT molecular complexity index is 478. The van der Waals surface area contributed by atoms with E-state index in [2.05, 4.69) is 5.32 Å². The molecule has 1 atom stereocenters. The molecule has 1 unspecified atom stereocenters. The van der Waals surface area contributed by atoms with Gasteiger partial charge in [-0.2, -0.15) is 0 Å². The van der Waals surface area contributed by atoms with Crippen LogP contribution in [0.25, 0.3) is 0 Å². The first-order chi connectivity index (χ1) is 10.6. The van der Waals surface area contributed by atoms with E-state index in [1.165, 1.54) is 17.8 Å². The van der Waals surface area contributed by atoms with Crippen LogP contribution in [0, 0.1) is 5.92 Å². The number of rotatable bonds is 6. The van der Waals surface area contributed by atoms with Crippen molar-refractivity contribution in [2.24, 2.45) is 5.92 Å². The van der Waals surface area contributed by atoms with Crippen LogP contribution in [0.4, 0.5) is 0 Å². The van der Waals surface area contributed by atoms with Crippen LogP contribution in [0.5, 0.6) is 0 Å². The zero-order valence-electron chi connectivity index (χ0n) is 13.3. The Hall–Kier alpha value is -1.36. The molecule has 0 aliphatic heterocycles. The van der Waals surface area contributed by atoms with Gasteiger partial charge < -0.3 is 10.1 Å². The maximum Gasteiger partial charge on any atom is 0.349 e. The molecular weight excluding hydrogens is 298 g/mol. The molecule has 1 aromatic rings. The molecule has 0 aromatic carbocycles. The average molecular weight is 323 g/mol. The number of nitrogens with one attached hydrogen (secondary N) is 1. The van der Waals surface area contributed by atoms with Crippen molar-refractivity contribution in [2.45, 2.75) is 64.5 Å². The van der Waals surface area contributed by atoms with Gasteiger partial charge in [-0.05, 0) is 36.6 Å². The van der Waals surface area contributed by atoms with Gasteiger partial charge in [0.15, 0.2) is 6.10 Å². The van der Waals surface area contributed by atoms with E-state index < -0.39 is 12.1 Å². The highest BCUT2D eigenvalue weighted by Gasteiger charge is 2.27. The molecule has 0 spiro atoms. The summed E-state index contributed by atoms with van der Waals surface area (Å²) in [6, 6.07) is 3.76. The Balaban J connectivity index is 1.95. The van der Waals surface area contributed by atoms with Crippen LogP contribution in [0.15, 0.2) is 17.5 Å². The normalized spacial score (nSPS) is 17.2. The summed E-state index contributed by atoms with van der Waals surface area (Å²) < 4.78 is 5.47. The van der Waals surface area contributed by atoms with E-state index in [-0.39, 0.29) is 11.9 Å². The molecule has 1 saturated carbocycles. The molecule has 0 radical (unpaired) electrons. The minimum absolute atomic E-state index is 0.148. The van der Waals surface area contributed by atoms with Crippen LogP contribution in [0.3, 0.4) is 0 Å². The summed E-state index contributed by atoms with van der Waals surface area (Å²) in [5.41, 5.74) is 0. The second-order valence-corrected chi connectivity index (χ2v) is 7.29. The first kappa shape index (κ1) is 17.0. The summed E-state index contributed by atoms with van der Waals surface area (Å²) in [7, 11) is 0. The number of amides is 1. The highest BCUT2D eigenvalue weighted by atomic mass is 32.1. The topological polar surface area (TPSA) is 55.4 Å². The summed E-state index contributed by atoms with van der Waals surface area (Å²) in [5.74, 6) is -0.261. The van der Waals surface area contributed by atoms with Gasteiger partial charge in [0, 0.05) is 6.04 Å². The number of hydrogen-bond donors (Lipinski definition) is 1.